The summed E-state index contributed by atoms with van der Waals surface area (Å²) in [5, 5.41) is 5.63. The molecule has 2 unspecified atom stereocenters. The van der Waals surface area contributed by atoms with Gasteiger partial charge >= 0.3 is 0 Å². The van der Waals surface area contributed by atoms with Crippen LogP contribution in [0.15, 0.2) is 48.8 Å². The molecule has 2 atom stereocenters. The van der Waals surface area contributed by atoms with Gasteiger partial charge in [0.05, 0.1) is 12.6 Å². The van der Waals surface area contributed by atoms with Crippen LogP contribution in [0.25, 0.3) is 0 Å². The number of carbonyl (C=O) groups is 3. The van der Waals surface area contributed by atoms with Crippen LogP contribution in [0.3, 0.4) is 0 Å². The van der Waals surface area contributed by atoms with Gasteiger partial charge in [0.1, 0.15) is 5.41 Å². The average molecular weight is 378 g/mol. The molecule has 2 aromatic rings. The molecule has 3 amide bonds. The number of hydrogen-bond acceptors (Lipinski definition) is 4. The molecule has 1 spiro atoms. The lowest BCUT2D eigenvalue weighted by Crippen LogP contribution is -2.45. The van der Waals surface area contributed by atoms with E-state index in [1.54, 1.807) is 24.2 Å². The number of likely N-dealkylation sites (tertiary alicyclic amines) is 1. The highest BCUT2D eigenvalue weighted by Gasteiger charge is 2.59. The quantitative estimate of drug-likeness (QED) is 0.848. The monoisotopic (exact) mass is 378 g/mol. The molecule has 3 heterocycles. The molecule has 0 bridgehead atoms. The Balaban J connectivity index is 1.76. The van der Waals surface area contributed by atoms with E-state index in [-0.39, 0.29) is 24.3 Å². The molecule has 28 heavy (non-hydrogen) atoms. The van der Waals surface area contributed by atoms with Gasteiger partial charge in [-0.2, -0.15) is 0 Å². The second kappa shape index (κ2) is 7.07. The Morgan fingerprint density at radius 3 is 2.86 bits per heavy atom. The van der Waals surface area contributed by atoms with Gasteiger partial charge in [-0.05, 0) is 29.7 Å². The summed E-state index contributed by atoms with van der Waals surface area (Å²) >= 11 is 0. The molecular formula is C21H22N4O3. The van der Waals surface area contributed by atoms with Crippen LogP contribution in [-0.2, 0) is 19.8 Å². The molecule has 0 radical (unpaired) electrons. The highest BCUT2D eigenvalue weighted by Crippen LogP contribution is 2.54. The Morgan fingerprint density at radius 2 is 2.11 bits per heavy atom. The first-order valence-electron chi connectivity index (χ1n) is 9.45. The van der Waals surface area contributed by atoms with E-state index < -0.39 is 11.5 Å². The number of fused-ring (bicyclic) bond motifs is 2. The summed E-state index contributed by atoms with van der Waals surface area (Å²) in [7, 11) is 0. The smallest absolute Gasteiger partial charge is 0.242 e. The van der Waals surface area contributed by atoms with Crippen molar-refractivity contribution in [3.63, 3.8) is 0 Å². The van der Waals surface area contributed by atoms with Gasteiger partial charge in [0.25, 0.3) is 0 Å². The standard InChI is InChI=1S/C21H22N4O3/c1-2-17(26)23-13-18(27)25-11-9-21(19(25)14-6-5-10-22-12-14)15-7-3-4-8-16(15)24-20(21)28/h3-8,10,12,19H,2,9,11,13H2,1H3,(H,23,26)(H,24,28). The second-order valence-electron chi connectivity index (χ2n) is 7.13. The van der Waals surface area contributed by atoms with Crippen LogP contribution >= 0.6 is 0 Å². The SMILES string of the molecule is CCC(=O)NCC(=O)N1CCC2(C(=O)Nc3ccccc32)C1c1cccnc1. The highest BCUT2D eigenvalue weighted by atomic mass is 16.2. The molecule has 0 saturated carbocycles. The Kier molecular flexibility index (Phi) is 4.58. The van der Waals surface area contributed by atoms with Gasteiger partial charge in [0, 0.05) is 31.0 Å². The van der Waals surface area contributed by atoms with E-state index in [2.05, 4.69) is 15.6 Å². The Bertz CT molecular complexity index is 930. The maximum atomic E-state index is 13.2. The van der Waals surface area contributed by atoms with Gasteiger partial charge in [-0.25, -0.2) is 0 Å². The van der Waals surface area contributed by atoms with Crippen molar-refractivity contribution in [3.8, 4) is 0 Å². The number of hydrogen-bond donors (Lipinski definition) is 2. The number of rotatable bonds is 4. The molecule has 2 aliphatic heterocycles. The fraction of sp³-hybridized carbons (Fsp3) is 0.333. The highest BCUT2D eigenvalue weighted by molar-refractivity contribution is 6.07. The summed E-state index contributed by atoms with van der Waals surface area (Å²) in [5.74, 6) is -0.482. The molecular weight excluding hydrogens is 356 g/mol. The van der Waals surface area contributed by atoms with E-state index in [0.29, 0.717) is 19.4 Å². The van der Waals surface area contributed by atoms with E-state index in [1.165, 1.54) is 0 Å². The summed E-state index contributed by atoms with van der Waals surface area (Å²) in [4.78, 5) is 43.6. The van der Waals surface area contributed by atoms with Gasteiger partial charge in [-0.3, -0.25) is 19.4 Å². The van der Waals surface area contributed by atoms with Crippen LogP contribution < -0.4 is 10.6 Å². The van der Waals surface area contributed by atoms with Gasteiger partial charge in [0.15, 0.2) is 0 Å². The van der Waals surface area contributed by atoms with E-state index in [1.807, 2.05) is 36.4 Å². The van der Waals surface area contributed by atoms with E-state index in [4.69, 9.17) is 0 Å². The van der Waals surface area contributed by atoms with Crippen LogP contribution in [0, 0.1) is 0 Å². The lowest BCUT2D eigenvalue weighted by molar-refractivity contribution is -0.134. The topological polar surface area (TPSA) is 91.4 Å². The zero-order valence-corrected chi connectivity index (χ0v) is 15.6. The Labute approximate surface area is 163 Å². The van der Waals surface area contributed by atoms with Gasteiger partial charge in [0.2, 0.25) is 17.7 Å². The maximum absolute atomic E-state index is 13.2. The molecule has 1 aromatic carbocycles. The number of aromatic nitrogens is 1. The zero-order valence-electron chi connectivity index (χ0n) is 15.6. The minimum atomic E-state index is -0.857. The third-order valence-electron chi connectivity index (χ3n) is 5.66. The Morgan fingerprint density at radius 1 is 1.29 bits per heavy atom. The zero-order chi connectivity index (χ0) is 19.7. The number of anilines is 1. The van der Waals surface area contributed by atoms with Gasteiger partial charge < -0.3 is 15.5 Å². The van der Waals surface area contributed by atoms with Crippen molar-refractivity contribution < 1.29 is 14.4 Å². The molecule has 2 N–H and O–H groups in total. The average Bonchev–Trinajstić information content (AvgIpc) is 3.26. The summed E-state index contributed by atoms with van der Waals surface area (Å²) in [5.41, 5.74) is 1.64. The van der Waals surface area contributed by atoms with E-state index in [9.17, 15) is 14.4 Å². The van der Waals surface area contributed by atoms with Crippen LogP contribution in [-0.4, -0.2) is 40.7 Å². The van der Waals surface area contributed by atoms with Gasteiger partial charge in [-0.15, -0.1) is 0 Å². The second-order valence-corrected chi connectivity index (χ2v) is 7.13. The summed E-state index contributed by atoms with van der Waals surface area (Å²) in [6.45, 7) is 2.09. The normalized spacial score (nSPS) is 22.8. The first-order valence-corrected chi connectivity index (χ1v) is 9.45. The molecule has 1 aromatic heterocycles. The molecule has 1 fully saturated rings. The summed E-state index contributed by atoms with van der Waals surface area (Å²) in [6.07, 6.45) is 4.21. The van der Waals surface area contributed by atoms with Crippen LogP contribution in [0.4, 0.5) is 5.69 Å². The lowest BCUT2D eigenvalue weighted by Gasteiger charge is -2.34. The van der Waals surface area contributed by atoms with Gasteiger partial charge in [-0.1, -0.05) is 31.2 Å². The van der Waals surface area contributed by atoms with Crippen LogP contribution in [0.2, 0.25) is 0 Å². The Hall–Kier alpha value is -3.22. The van der Waals surface area contributed by atoms with Crippen molar-refractivity contribution in [1.82, 2.24) is 15.2 Å². The fourth-order valence-corrected chi connectivity index (χ4v) is 4.36. The molecule has 4 rings (SSSR count). The fourth-order valence-electron chi connectivity index (χ4n) is 4.36. The number of benzene rings is 1. The largest absolute Gasteiger partial charge is 0.347 e. The third kappa shape index (κ3) is 2.74. The van der Waals surface area contributed by atoms with Crippen molar-refractivity contribution in [2.75, 3.05) is 18.4 Å². The predicted octanol–water partition coefficient (Wildman–Crippen LogP) is 1.77. The molecule has 1 saturated heterocycles. The number of carbonyl (C=O) groups excluding carboxylic acids is 3. The number of amides is 3. The van der Waals surface area contributed by atoms with Crippen LogP contribution in [0.1, 0.15) is 36.9 Å². The number of nitrogens with zero attached hydrogens (tertiary/aromatic N) is 2. The number of nitrogens with one attached hydrogen (secondary N) is 2. The van der Waals surface area contributed by atoms with Crippen molar-refractivity contribution in [1.29, 1.82) is 0 Å². The predicted molar refractivity (Wildman–Crippen MR) is 103 cm³/mol. The van der Waals surface area contributed by atoms with Crippen molar-refractivity contribution in [2.24, 2.45) is 0 Å². The summed E-state index contributed by atoms with van der Waals surface area (Å²) in [6, 6.07) is 10.8. The van der Waals surface area contributed by atoms with E-state index >= 15 is 0 Å². The molecule has 7 nitrogen and oxygen atoms in total. The van der Waals surface area contributed by atoms with E-state index in [0.717, 1.165) is 16.8 Å². The van der Waals surface area contributed by atoms with Crippen LogP contribution in [0.5, 0.6) is 0 Å². The molecule has 7 heteroatoms. The lowest BCUT2D eigenvalue weighted by atomic mass is 9.73. The number of para-hydroxylation sites is 1. The molecule has 2 aliphatic rings. The first-order chi connectivity index (χ1) is 13.6. The van der Waals surface area contributed by atoms with Crippen molar-refractivity contribution in [3.05, 3.63) is 59.9 Å². The summed E-state index contributed by atoms with van der Waals surface area (Å²) < 4.78 is 0. The minimum Gasteiger partial charge on any atom is -0.347 e. The molecule has 0 aliphatic carbocycles. The number of pyridine rings is 1. The third-order valence-corrected chi connectivity index (χ3v) is 5.66. The maximum Gasteiger partial charge on any atom is 0.242 e. The molecule has 144 valence electrons. The first kappa shape index (κ1) is 18.2. The van der Waals surface area contributed by atoms with Crippen molar-refractivity contribution in [2.45, 2.75) is 31.2 Å². The minimum absolute atomic E-state index is 0.0806. The van der Waals surface area contributed by atoms with Crippen molar-refractivity contribution >= 4 is 23.4 Å².